The van der Waals surface area contributed by atoms with E-state index in [2.05, 4.69) is 217 Å². The van der Waals surface area contributed by atoms with Gasteiger partial charge in [-0.1, -0.05) is 32.4 Å². The number of piperazine rings is 4. The summed E-state index contributed by atoms with van der Waals surface area (Å²) in [5, 5.41) is 15.7. The molecule has 4 amide bonds. The van der Waals surface area contributed by atoms with Gasteiger partial charge in [0.15, 0.2) is 22.6 Å². The average molecular weight is 1980 g/mol. The number of methoxy groups -OCH3 is 3. The van der Waals surface area contributed by atoms with Crippen LogP contribution in [-0.2, 0) is 19.2 Å². The van der Waals surface area contributed by atoms with Crippen LogP contribution in [0.5, 0.6) is 17.2 Å². The molecule has 5 N–H and O–H groups in total. The molecule has 43 heteroatoms. The highest BCUT2D eigenvalue weighted by Crippen LogP contribution is 2.38. The van der Waals surface area contributed by atoms with E-state index in [4.69, 9.17) is 14.2 Å². The van der Waals surface area contributed by atoms with E-state index < -0.39 is 0 Å². The lowest BCUT2D eigenvalue weighted by Gasteiger charge is -2.35. The zero-order valence-corrected chi connectivity index (χ0v) is 83.2. The average Bonchev–Trinajstić information content (AvgIpc) is 0.862. The van der Waals surface area contributed by atoms with Crippen molar-refractivity contribution in [3.8, 4) is 22.9 Å². The topological polar surface area (TPSA) is 434 Å². The van der Waals surface area contributed by atoms with E-state index in [1.54, 1.807) is 98.8 Å². The summed E-state index contributed by atoms with van der Waals surface area (Å²) in [6, 6.07) is 30.6. The number of benzene rings is 5. The number of ether oxygens (including phenoxy) is 3. The van der Waals surface area contributed by atoms with Crippen LogP contribution in [0.15, 0.2) is 216 Å². The Morgan fingerprint density at radius 1 is 0.349 bits per heavy atom. The first kappa shape index (κ1) is 101. The maximum absolute atomic E-state index is 12.9. The summed E-state index contributed by atoms with van der Waals surface area (Å²) >= 11 is 0. The lowest BCUT2D eigenvalue weighted by Crippen LogP contribution is -2.44. The number of aromatic nitrogens is 16. The normalized spacial score (nSPS) is 17.3. The molecule has 0 aliphatic carbocycles. The van der Waals surface area contributed by atoms with Gasteiger partial charge >= 0.3 is 0 Å². The highest BCUT2D eigenvalue weighted by molar-refractivity contribution is 5.99. The Balaban J connectivity index is 0.000000133. The maximum atomic E-state index is 12.9. The summed E-state index contributed by atoms with van der Waals surface area (Å²) in [6.07, 6.45) is 19.3. The first-order chi connectivity index (χ1) is 70.8. The molecular formula is C103H120N32O11. The van der Waals surface area contributed by atoms with E-state index in [-0.39, 0.29) is 64.0 Å². The third kappa shape index (κ3) is 23.3. The van der Waals surface area contributed by atoms with Gasteiger partial charge in [-0.05, 0) is 163 Å². The van der Waals surface area contributed by atoms with Gasteiger partial charge in [0.25, 0.3) is 22.2 Å². The lowest BCUT2D eigenvalue weighted by molar-refractivity contribution is -0.127. The van der Waals surface area contributed by atoms with Crippen LogP contribution in [0.4, 0.5) is 75.0 Å². The summed E-state index contributed by atoms with van der Waals surface area (Å²) in [5.74, 6) is 2.58. The number of carbonyl (C=O) groups excluding carboxylic acids is 4. The number of aryl methyl sites for hydroxylation is 1. The monoisotopic (exact) mass is 1980 g/mol. The molecule has 5 aromatic carbocycles. The number of hydrogen-bond acceptors (Lipinski definition) is 35. The molecule has 7 saturated heterocycles. The van der Waals surface area contributed by atoms with Gasteiger partial charge < -0.3 is 94.7 Å². The number of likely N-dealkylation sites (tertiary alicyclic amines) is 3. The summed E-state index contributed by atoms with van der Waals surface area (Å²) < 4.78 is 23.3. The van der Waals surface area contributed by atoms with Crippen molar-refractivity contribution in [3.63, 3.8) is 0 Å². The fraction of sp³-hybridized carbons (Fsp3) is 0.359. The van der Waals surface area contributed by atoms with Crippen LogP contribution in [-0.4, -0.2) is 330 Å². The highest BCUT2D eigenvalue weighted by Gasteiger charge is 2.33. The number of piperidine rings is 1. The molecule has 0 unspecified atom stereocenters. The number of anilines is 13. The number of carbonyl (C=O) groups is 4. The van der Waals surface area contributed by atoms with Gasteiger partial charge in [-0.3, -0.25) is 56.6 Å². The van der Waals surface area contributed by atoms with Gasteiger partial charge in [0.2, 0.25) is 47.4 Å². The predicted molar refractivity (Wildman–Crippen MR) is 565 cm³/mol. The van der Waals surface area contributed by atoms with Gasteiger partial charge in [-0.25, -0.2) is 39.9 Å². The molecule has 43 nitrogen and oxygen atoms in total. The van der Waals surface area contributed by atoms with Gasteiger partial charge in [-0.15, -0.1) is 0 Å². The van der Waals surface area contributed by atoms with Gasteiger partial charge in [0, 0.05) is 196 Å². The third-order valence-corrected chi connectivity index (χ3v) is 27.1. The second-order valence-corrected chi connectivity index (χ2v) is 36.6. The number of fused-ring (bicyclic) bond motifs is 4. The van der Waals surface area contributed by atoms with Gasteiger partial charge in [-0.2, -0.15) is 19.9 Å². The molecule has 0 spiro atoms. The molecule has 146 heavy (non-hydrogen) atoms. The standard InChI is InChI=1S/C27H28N8O2.C26H32N8O3.2C25H30N8O3/c1-4-24(36)30-19-6-5-7-21(15-19)35-25(37)17-28-22-16-29-27(32-26(22)35)31-20-8-9-23(18(2)14-20)34-12-10-33(3)11-13-34;1-4-23(35)33-9-5-6-19(17-33)34-24(36)16-27-21-15-28-26(30-25(21)34)29-20-8-7-18(14-22(20)37-3)32-12-10-31(2)11-13-32;2*1-4-22(34)32-8-7-18(16-32)33-23(35)15-26-20-14-27-25(29-24(20)33)28-19-6-5-17(13-21(19)36-3)31-11-9-30(2)10-12-31/h4-9,14-17H,1,10-13H2,2-3H3,(H,30,36)(H,29,31,32);4,7-8,14-16,19H,1,5-6,9-13,17H2,2-3H3,(H,28,29,30);2*4-6,13-15,18H,1,7-12,16H2,2-3H3,(H,27,28,29)/t;19-;2*18-/m.010/s1. The maximum Gasteiger partial charge on any atom is 0.275 e. The van der Waals surface area contributed by atoms with Crippen molar-refractivity contribution >= 4 is 143 Å². The van der Waals surface area contributed by atoms with E-state index in [1.165, 1.54) is 59.3 Å². The Morgan fingerprint density at radius 2 is 0.705 bits per heavy atom. The molecule has 20 rings (SSSR count). The van der Waals surface area contributed by atoms with Gasteiger partial charge in [0.1, 0.15) is 39.3 Å². The quantitative estimate of drug-likeness (QED) is 0.0354. The van der Waals surface area contributed by atoms with Crippen LogP contribution in [0.2, 0.25) is 0 Å². The second-order valence-electron chi connectivity index (χ2n) is 36.6. The molecule has 7 fully saturated rings. The fourth-order valence-corrected chi connectivity index (χ4v) is 19.0. The van der Waals surface area contributed by atoms with E-state index in [0.717, 1.165) is 163 Å². The Bertz CT molecular complexity index is 7100. The van der Waals surface area contributed by atoms with Crippen LogP contribution < -0.4 is 82.6 Å². The smallest absolute Gasteiger partial charge is 0.275 e. The minimum Gasteiger partial charge on any atom is -0.494 e. The second kappa shape index (κ2) is 45.8. The molecule has 0 bridgehead atoms. The molecule has 0 radical (unpaired) electrons. The highest BCUT2D eigenvalue weighted by atomic mass is 16.5. The summed E-state index contributed by atoms with van der Waals surface area (Å²) in [7, 11) is 13.4. The van der Waals surface area contributed by atoms with Crippen molar-refractivity contribution in [1.29, 1.82) is 0 Å². The third-order valence-electron chi connectivity index (χ3n) is 27.1. The van der Waals surface area contributed by atoms with Crippen molar-refractivity contribution in [1.82, 2.24) is 112 Å². The van der Waals surface area contributed by atoms with Crippen molar-refractivity contribution in [2.45, 2.75) is 50.7 Å². The van der Waals surface area contributed by atoms with Crippen LogP contribution >= 0.6 is 0 Å². The van der Waals surface area contributed by atoms with Crippen LogP contribution in [0.1, 0.15) is 49.4 Å². The van der Waals surface area contributed by atoms with Crippen molar-refractivity contribution in [2.24, 2.45) is 0 Å². The Labute approximate surface area is 842 Å². The van der Waals surface area contributed by atoms with E-state index in [9.17, 15) is 38.4 Å². The molecule has 758 valence electrons. The SMILES string of the molecule is C=CC(=O)N1CCC[C@H](n2c(=O)cnc3cnc(Nc4ccc(N5CCN(C)CC5)cc4OC)nc32)C1.C=CC(=O)N1CC[C@@H](n2c(=O)cnc3cnc(Nc4ccc(N5CCN(C)CC5)cc4OC)nc32)C1.C=CC(=O)N1CC[C@H](n2c(=O)cnc3cnc(Nc4ccc(N5CCN(C)CC5)cc4OC)nc32)C1.C=CC(=O)Nc1cccc(-n2c(=O)cnc3cnc(Nc4ccc(N5CCN(C)CC5)c(C)c4)nc32)c1. The van der Waals surface area contributed by atoms with Crippen molar-refractivity contribution < 1.29 is 33.4 Å². The van der Waals surface area contributed by atoms with E-state index >= 15 is 0 Å². The van der Waals surface area contributed by atoms with Crippen LogP contribution in [0.3, 0.4) is 0 Å². The molecule has 8 aromatic heterocycles. The van der Waals surface area contributed by atoms with E-state index in [1.807, 2.05) is 42.5 Å². The number of hydrogen-bond donors (Lipinski definition) is 5. The number of amides is 4. The summed E-state index contributed by atoms with van der Waals surface area (Å²) in [5.41, 5.74) is 12.2. The molecule has 0 saturated carbocycles. The lowest BCUT2D eigenvalue weighted by atomic mass is 10.1. The Hall–Kier alpha value is -16.5. The number of rotatable bonds is 24. The predicted octanol–water partition coefficient (Wildman–Crippen LogP) is 8.44. The minimum absolute atomic E-state index is 0.139. The number of nitrogens with zero attached hydrogens (tertiary/aromatic N) is 27. The Morgan fingerprint density at radius 3 is 1.08 bits per heavy atom. The molecule has 3 atom stereocenters. The first-order valence-corrected chi connectivity index (χ1v) is 48.5. The molecule has 7 aliphatic rings. The molecule has 13 aromatic rings. The largest absolute Gasteiger partial charge is 0.494 e. The van der Waals surface area contributed by atoms with Gasteiger partial charge in [0.05, 0.1) is 112 Å². The Kier molecular flexibility index (Phi) is 31.7. The molecule has 15 heterocycles. The number of nitrogens with one attached hydrogen (secondary N) is 5. The molecule has 7 aliphatic heterocycles. The van der Waals surface area contributed by atoms with Crippen LogP contribution in [0.25, 0.3) is 50.3 Å². The minimum atomic E-state index is -0.350. The zero-order chi connectivity index (χ0) is 102. The zero-order valence-electron chi connectivity index (χ0n) is 83.2. The van der Waals surface area contributed by atoms with Crippen LogP contribution in [0, 0.1) is 6.92 Å². The summed E-state index contributed by atoms with van der Waals surface area (Å²) in [6.45, 7) is 35.2. The summed E-state index contributed by atoms with van der Waals surface area (Å²) in [4.78, 5) is 176. The van der Waals surface area contributed by atoms with Crippen molar-refractivity contribution in [3.05, 3.63) is 244 Å². The fourth-order valence-electron chi connectivity index (χ4n) is 19.0. The van der Waals surface area contributed by atoms with Crippen molar-refractivity contribution in [2.75, 3.05) is 240 Å². The number of likely N-dealkylation sites (N-methyl/N-ethyl adjacent to an activating group) is 4. The first-order valence-electron chi connectivity index (χ1n) is 48.5. The molecular weight excluding hydrogens is 1860 g/mol. The van der Waals surface area contributed by atoms with E-state index in [0.29, 0.717) is 149 Å².